The lowest BCUT2D eigenvalue weighted by atomic mass is 10.3. The van der Waals surface area contributed by atoms with Crippen molar-refractivity contribution >= 4 is 22.9 Å². The van der Waals surface area contributed by atoms with E-state index in [-0.39, 0.29) is 5.69 Å². The average Bonchev–Trinajstić information content (AvgIpc) is 2.93. The van der Waals surface area contributed by atoms with Crippen molar-refractivity contribution in [2.75, 3.05) is 11.4 Å². The second kappa shape index (κ2) is 5.28. The predicted octanol–water partition coefficient (Wildman–Crippen LogP) is 2.46. The van der Waals surface area contributed by atoms with E-state index in [1.807, 2.05) is 0 Å². The Kier molecular flexibility index (Phi) is 3.31. The number of fused-ring (bicyclic) bond motifs is 1. The largest absolute Gasteiger partial charge is 0.351 e. The third kappa shape index (κ3) is 2.22. The number of hydrogen-bond acceptors (Lipinski definition) is 4. The third-order valence-corrected chi connectivity index (χ3v) is 3.09. The van der Waals surface area contributed by atoms with Gasteiger partial charge < -0.3 is 0 Å². The molecule has 2 heterocycles. The molecule has 0 unspecified atom stereocenters. The van der Waals surface area contributed by atoms with Gasteiger partial charge in [0.2, 0.25) is 5.65 Å². The van der Waals surface area contributed by atoms with Gasteiger partial charge in [0, 0.05) is 12.7 Å². The Bertz CT molecular complexity index is 801. The van der Waals surface area contributed by atoms with Gasteiger partial charge in [0.25, 0.3) is 0 Å². The Morgan fingerprint density at radius 3 is 2.86 bits per heavy atom. The molecule has 7 heteroatoms. The van der Waals surface area contributed by atoms with E-state index in [9.17, 15) is 9.18 Å². The highest BCUT2D eigenvalue weighted by atomic mass is 19.1. The molecule has 1 amide bonds. The lowest BCUT2D eigenvalue weighted by molar-refractivity contribution is 0.245. The van der Waals surface area contributed by atoms with Crippen molar-refractivity contribution in [2.24, 2.45) is 0 Å². The quantitative estimate of drug-likeness (QED) is 0.725. The molecule has 0 aliphatic rings. The van der Waals surface area contributed by atoms with Crippen LogP contribution in [0.1, 0.15) is 6.92 Å². The number of hydrogen-bond donors (Lipinski definition) is 0. The molecule has 0 N–H and O–H groups in total. The first-order valence-electron chi connectivity index (χ1n) is 6.45. The van der Waals surface area contributed by atoms with Gasteiger partial charge in [-0.1, -0.05) is 17.3 Å². The van der Waals surface area contributed by atoms with E-state index in [0.29, 0.717) is 17.7 Å². The molecule has 0 radical (unpaired) electrons. The van der Waals surface area contributed by atoms with Gasteiger partial charge in [0.05, 0.1) is 5.69 Å². The van der Waals surface area contributed by atoms with Crippen LogP contribution in [0, 0.1) is 5.82 Å². The van der Waals surface area contributed by atoms with E-state index in [0.717, 1.165) is 4.68 Å². The zero-order valence-corrected chi connectivity index (χ0v) is 11.3. The van der Waals surface area contributed by atoms with Crippen molar-refractivity contribution in [1.29, 1.82) is 0 Å². The summed E-state index contributed by atoms with van der Waals surface area (Å²) in [7, 11) is 0. The van der Waals surface area contributed by atoms with Crippen LogP contribution in [0.4, 0.5) is 14.9 Å². The molecule has 0 bridgehead atoms. The molecule has 0 aliphatic heterocycles. The fourth-order valence-corrected chi connectivity index (χ4v) is 2.10. The first kappa shape index (κ1) is 13.2. The fraction of sp³-hybridized carbons (Fsp3) is 0.143. The molecule has 0 spiro atoms. The second-order valence-corrected chi connectivity index (χ2v) is 4.33. The number of rotatable bonds is 2. The van der Waals surface area contributed by atoms with Crippen molar-refractivity contribution in [1.82, 2.24) is 20.0 Å². The topological polar surface area (TPSA) is 63.9 Å². The molecule has 106 valence electrons. The summed E-state index contributed by atoms with van der Waals surface area (Å²) in [5, 5.41) is 7.64. The molecule has 3 aromatic rings. The second-order valence-electron chi connectivity index (χ2n) is 4.33. The van der Waals surface area contributed by atoms with Gasteiger partial charge in [-0.3, -0.25) is 4.90 Å². The van der Waals surface area contributed by atoms with Crippen molar-refractivity contribution in [2.45, 2.75) is 6.92 Å². The van der Waals surface area contributed by atoms with E-state index in [2.05, 4.69) is 15.3 Å². The molecule has 1 aromatic carbocycles. The number of halogens is 1. The normalized spacial score (nSPS) is 10.8. The minimum Gasteiger partial charge on any atom is -0.290 e. The molecular weight excluding hydrogens is 273 g/mol. The highest BCUT2D eigenvalue weighted by molar-refractivity contribution is 5.97. The maximum absolute atomic E-state index is 13.9. The summed E-state index contributed by atoms with van der Waals surface area (Å²) < 4.78 is 15.0. The maximum Gasteiger partial charge on any atom is 0.351 e. The van der Waals surface area contributed by atoms with Crippen LogP contribution in [-0.2, 0) is 0 Å². The highest BCUT2D eigenvalue weighted by Crippen LogP contribution is 2.20. The maximum atomic E-state index is 13.9. The van der Waals surface area contributed by atoms with Crippen molar-refractivity contribution in [3.8, 4) is 0 Å². The van der Waals surface area contributed by atoms with E-state index < -0.39 is 11.8 Å². The summed E-state index contributed by atoms with van der Waals surface area (Å²) in [6, 6.07) is 9.02. The van der Waals surface area contributed by atoms with Crippen LogP contribution in [-0.4, -0.2) is 32.6 Å². The van der Waals surface area contributed by atoms with E-state index in [1.165, 1.54) is 11.0 Å². The van der Waals surface area contributed by atoms with Crippen LogP contribution < -0.4 is 4.90 Å². The first-order chi connectivity index (χ1) is 10.2. The van der Waals surface area contributed by atoms with Crippen LogP contribution in [0.3, 0.4) is 0 Å². The van der Waals surface area contributed by atoms with Crippen molar-refractivity contribution < 1.29 is 9.18 Å². The predicted molar refractivity (Wildman–Crippen MR) is 75.5 cm³/mol. The minimum atomic E-state index is -0.474. The Morgan fingerprint density at radius 1 is 1.29 bits per heavy atom. The van der Waals surface area contributed by atoms with E-state index in [1.54, 1.807) is 43.5 Å². The summed E-state index contributed by atoms with van der Waals surface area (Å²) in [4.78, 5) is 17.9. The number of benzene rings is 1. The third-order valence-electron chi connectivity index (χ3n) is 3.09. The summed E-state index contributed by atoms with van der Waals surface area (Å²) in [5.41, 5.74) is 1.06. The van der Waals surface area contributed by atoms with Crippen molar-refractivity contribution in [3.05, 3.63) is 48.4 Å². The Hall–Kier alpha value is -2.83. The Morgan fingerprint density at radius 2 is 2.10 bits per heavy atom. The number of pyridine rings is 1. The lowest BCUT2D eigenvalue weighted by Gasteiger charge is -2.20. The lowest BCUT2D eigenvalue weighted by Crippen LogP contribution is -2.35. The van der Waals surface area contributed by atoms with Crippen LogP contribution >= 0.6 is 0 Å². The number of aromatic nitrogens is 4. The van der Waals surface area contributed by atoms with E-state index in [4.69, 9.17) is 0 Å². The summed E-state index contributed by atoms with van der Waals surface area (Å²) in [6.45, 7) is 2.07. The fourth-order valence-electron chi connectivity index (χ4n) is 2.10. The molecule has 3 rings (SSSR count). The Labute approximate surface area is 119 Å². The number of anilines is 1. The van der Waals surface area contributed by atoms with Gasteiger partial charge >= 0.3 is 6.03 Å². The molecule has 0 saturated carbocycles. The summed E-state index contributed by atoms with van der Waals surface area (Å²) in [5.74, 6) is -0.463. The van der Waals surface area contributed by atoms with Crippen LogP contribution in [0.2, 0.25) is 0 Å². The van der Waals surface area contributed by atoms with Gasteiger partial charge in [-0.15, -0.1) is 5.10 Å². The molecule has 0 saturated heterocycles. The minimum absolute atomic E-state index is 0.206. The van der Waals surface area contributed by atoms with Gasteiger partial charge in [0.1, 0.15) is 11.3 Å². The molecular formula is C14H12FN5O. The van der Waals surface area contributed by atoms with Gasteiger partial charge in [0.15, 0.2) is 0 Å². The van der Waals surface area contributed by atoms with E-state index >= 15 is 0 Å². The number of carbonyl (C=O) groups is 1. The molecule has 2 aromatic heterocycles. The SMILES string of the molecule is CCN(C(=O)n1nnc2ncccc21)c1ccccc1F. The van der Waals surface area contributed by atoms with Crippen LogP contribution in [0.15, 0.2) is 42.6 Å². The monoisotopic (exact) mass is 285 g/mol. The molecule has 6 nitrogen and oxygen atoms in total. The average molecular weight is 285 g/mol. The summed E-state index contributed by atoms with van der Waals surface area (Å²) in [6.07, 6.45) is 1.57. The summed E-state index contributed by atoms with van der Waals surface area (Å²) >= 11 is 0. The van der Waals surface area contributed by atoms with Gasteiger partial charge in [-0.05, 0) is 31.2 Å². The molecule has 21 heavy (non-hydrogen) atoms. The zero-order chi connectivity index (χ0) is 14.8. The zero-order valence-electron chi connectivity index (χ0n) is 11.3. The van der Waals surface area contributed by atoms with Crippen LogP contribution in [0.5, 0.6) is 0 Å². The molecule has 0 aliphatic carbocycles. The van der Waals surface area contributed by atoms with Gasteiger partial charge in [-0.25, -0.2) is 14.2 Å². The molecule has 0 fully saturated rings. The number of amides is 1. The smallest absolute Gasteiger partial charge is 0.290 e. The number of nitrogens with zero attached hydrogens (tertiary/aromatic N) is 5. The molecule has 0 atom stereocenters. The van der Waals surface area contributed by atoms with Crippen LogP contribution in [0.25, 0.3) is 11.2 Å². The van der Waals surface area contributed by atoms with Crippen molar-refractivity contribution in [3.63, 3.8) is 0 Å². The standard InChI is InChI=1S/C14H12FN5O/c1-2-19(11-7-4-3-6-10(11)15)14(21)20-12-8-5-9-16-13(12)17-18-20/h3-9H,2H2,1H3. The highest BCUT2D eigenvalue weighted by Gasteiger charge is 2.21. The first-order valence-corrected chi connectivity index (χ1v) is 6.45. The number of carbonyl (C=O) groups excluding carboxylic acids is 1. The van der Waals surface area contributed by atoms with Gasteiger partial charge in [-0.2, -0.15) is 4.68 Å². The Balaban J connectivity index is 2.06. The number of para-hydroxylation sites is 1.